The minimum Gasteiger partial charge on any atom is -0.310 e. The Kier molecular flexibility index (Phi) is 4.52. The third-order valence-corrected chi connectivity index (χ3v) is 5.81. The Bertz CT molecular complexity index is 1410. The Morgan fingerprint density at radius 2 is 1.90 bits per heavy atom. The molecule has 0 saturated heterocycles. The SMILES string of the molecule is Cc1cc(NC(=O)Cc2ccc3ccccc3c2)n(-c2nc3c(F)cccc3s2)n1. The van der Waals surface area contributed by atoms with Gasteiger partial charge in [0.2, 0.25) is 11.0 Å². The van der Waals surface area contributed by atoms with Crippen molar-refractivity contribution in [2.75, 3.05) is 5.32 Å². The summed E-state index contributed by atoms with van der Waals surface area (Å²) >= 11 is 1.32. The lowest BCUT2D eigenvalue weighted by Gasteiger charge is -2.07. The van der Waals surface area contributed by atoms with Gasteiger partial charge in [0.15, 0.2) is 0 Å². The third kappa shape index (κ3) is 3.44. The molecule has 0 spiro atoms. The second kappa shape index (κ2) is 7.35. The fourth-order valence-electron chi connectivity index (χ4n) is 3.45. The number of fused-ring (bicyclic) bond motifs is 2. The van der Waals surface area contributed by atoms with Crippen molar-refractivity contribution in [2.24, 2.45) is 0 Å². The van der Waals surface area contributed by atoms with Crippen LogP contribution in [0.25, 0.3) is 26.1 Å². The zero-order valence-electron chi connectivity index (χ0n) is 16.1. The summed E-state index contributed by atoms with van der Waals surface area (Å²) in [5.41, 5.74) is 1.96. The number of benzene rings is 3. The number of aryl methyl sites for hydroxylation is 1. The molecule has 30 heavy (non-hydrogen) atoms. The van der Waals surface area contributed by atoms with Gasteiger partial charge >= 0.3 is 0 Å². The van der Waals surface area contributed by atoms with Gasteiger partial charge in [-0.2, -0.15) is 9.78 Å². The number of carbonyl (C=O) groups is 1. The minimum atomic E-state index is -0.374. The number of nitrogens with zero attached hydrogens (tertiary/aromatic N) is 3. The molecule has 5 nitrogen and oxygen atoms in total. The smallest absolute Gasteiger partial charge is 0.229 e. The molecular formula is C23H17FN4OS. The topological polar surface area (TPSA) is 59.8 Å². The van der Waals surface area contributed by atoms with E-state index in [1.54, 1.807) is 16.8 Å². The zero-order chi connectivity index (χ0) is 20.7. The Labute approximate surface area is 175 Å². The van der Waals surface area contributed by atoms with Gasteiger partial charge in [-0.05, 0) is 35.4 Å². The van der Waals surface area contributed by atoms with E-state index >= 15 is 0 Å². The second-order valence-electron chi connectivity index (χ2n) is 7.07. The number of hydrogen-bond acceptors (Lipinski definition) is 4. The molecule has 0 aliphatic rings. The van der Waals surface area contributed by atoms with Crippen molar-refractivity contribution in [3.05, 3.63) is 83.8 Å². The van der Waals surface area contributed by atoms with E-state index in [1.807, 2.05) is 55.5 Å². The number of amides is 1. The fourth-order valence-corrected chi connectivity index (χ4v) is 4.40. The molecule has 2 heterocycles. The predicted octanol–water partition coefficient (Wildman–Crippen LogP) is 5.26. The van der Waals surface area contributed by atoms with Crippen LogP contribution in [0, 0.1) is 12.7 Å². The molecule has 7 heteroatoms. The van der Waals surface area contributed by atoms with E-state index in [0.29, 0.717) is 16.5 Å². The van der Waals surface area contributed by atoms with E-state index < -0.39 is 0 Å². The Morgan fingerprint density at radius 3 is 2.73 bits per heavy atom. The van der Waals surface area contributed by atoms with Crippen molar-refractivity contribution < 1.29 is 9.18 Å². The highest BCUT2D eigenvalue weighted by atomic mass is 32.1. The number of carbonyl (C=O) groups excluding carboxylic acids is 1. The van der Waals surface area contributed by atoms with Crippen molar-refractivity contribution >= 4 is 44.1 Å². The molecule has 148 valence electrons. The van der Waals surface area contributed by atoms with Crippen LogP contribution in [-0.2, 0) is 11.2 Å². The van der Waals surface area contributed by atoms with E-state index in [9.17, 15) is 9.18 Å². The lowest BCUT2D eigenvalue weighted by Crippen LogP contribution is -2.17. The first kappa shape index (κ1) is 18.4. The van der Waals surface area contributed by atoms with Crippen molar-refractivity contribution in [1.29, 1.82) is 0 Å². The summed E-state index contributed by atoms with van der Waals surface area (Å²) in [6.07, 6.45) is 0.240. The summed E-state index contributed by atoms with van der Waals surface area (Å²) in [7, 11) is 0. The van der Waals surface area contributed by atoms with Crippen molar-refractivity contribution in [3.63, 3.8) is 0 Å². The molecule has 0 aliphatic heterocycles. The summed E-state index contributed by atoms with van der Waals surface area (Å²) in [5, 5.41) is 10.1. The summed E-state index contributed by atoms with van der Waals surface area (Å²) in [4.78, 5) is 17.1. The Morgan fingerprint density at radius 1 is 1.07 bits per heavy atom. The van der Waals surface area contributed by atoms with Gasteiger partial charge in [-0.15, -0.1) is 0 Å². The number of thiazole rings is 1. The van der Waals surface area contributed by atoms with Gasteiger partial charge in [-0.3, -0.25) is 4.79 Å². The summed E-state index contributed by atoms with van der Waals surface area (Å²) in [6.45, 7) is 1.84. The fraction of sp³-hybridized carbons (Fsp3) is 0.0870. The highest BCUT2D eigenvalue weighted by Crippen LogP contribution is 2.28. The van der Waals surface area contributed by atoms with E-state index in [1.165, 1.54) is 17.4 Å². The first-order valence-corrected chi connectivity index (χ1v) is 10.3. The van der Waals surface area contributed by atoms with Crippen LogP contribution in [0.3, 0.4) is 0 Å². The predicted molar refractivity (Wildman–Crippen MR) is 118 cm³/mol. The maximum absolute atomic E-state index is 14.0. The minimum absolute atomic E-state index is 0.154. The zero-order valence-corrected chi connectivity index (χ0v) is 16.9. The van der Waals surface area contributed by atoms with Crippen molar-refractivity contribution in [1.82, 2.24) is 14.8 Å². The maximum atomic E-state index is 14.0. The highest BCUT2D eigenvalue weighted by Gasteiger charge is 2.16. The second-order valence-corrected chi connectivity index (χ2v) is 8.08. The van der Waals surface area contributed by atoms with E-state index in [0.717, 1.165) is 26.7 Å². The molecule has 0 saturated carbocycles. The maximum Gasteiger partial charge on any atom is 0.229 e. The lowest BCUT2D eigenvalue weighted by atomic mass is 10.1. The molecule has 0 fully saturated rings. The Hall–Kier alpha value is -3.58. The number of anilines is 1. The van der Waals surface area contributed by atoms with E-state index in [2.05, 4.69) is 15.4 Å². The molecule has 0 aliphatic carbocycles. The largest absolute Gasteiger partial charge is 0.310 e. The molecule has 2 aromatic heterocycles. The number of halogens is 1. The first-order chi connectivity index (χ1) is 14.6. The van der Waals surface area contributed by atoms with Gasteiger partial charge in [-0.25, -0.2) is 9.37 Å². The van der Waals surface area contributed by atoms with Crippen LogP contribution in [0.5, 0.6) is 0 Å². The van der Waals surface area contributed by atoms with Crippen LogP contribution >= 0.6 is 11.3 Å². The van der Waals surface area contributed by atoms with Crippen molar-refractivity contribution in [2.45, 2.75) is 13.3 Å². The highest BCUT2D eigenvalue weighted by molar-refractivity contribution is 7.20. The molecule has 1 N–H and O–H groups in total. The molecule has 3 aromatic carbocycles. The summed E-state index contributed by atoms with van der Waals surface area (Å²) in [6, 6.07) is 20.7. The van der Waals surface area contributed by atoms with Crippen LogP contribution in [0.15, 0.2) is 66.7 Å². The average Bonchev–Trinajstić information content (AvgIpc) is 3.32. The van der Waals surface area contributed by atoms with Gasteiger partial charge in [-0.1, -0.05) is 59.9 Å². The average molecular weight is 416 g/mol. The number of aromatic nitrogens is 3. The Balaban J connectivity index is 1.41. The number of rotatable bonds is 4. The molecule has 0 bridgehead atoms. The normalized spacial score (nSPS) is 11.3. The van der Waals surface area contributed by atoms with Crippen LogP contribution in [0.2, 0.25) is 0 Å². The number of nitrogens with one attached hydrogen (secondary N) is 1. The summed E-state index contributed by atoms with van der Waals surface area (Å²) < 4.78 is 16.3. The molecule has 0 unspecified atom stereocenters. The van der Waals surface area contributed by atoms with E-state index in [4.69, 9.17) is 0 Å². The standard InChI is InChI=1S/C23H17FN4OS/c1-14-11-20(28(27-14)23-26-22-18(24)7-4-8-19(22)30-23)25-21(29)13-15-9-10-16-5-2-3-6-17(16)12-15/h2-12H,13H2,1H3,(H,25,29). The molecule has 5 aromatic rings. The van der Waals surface area contributed by atoms with Gasteiger partial charge in [0.25, 0.3) is 0 Å². The molecule has 5 rings (SSSR count). The first-order valence-electron chi connectivity index (χ1n) is 9.46. The van der Waals surface area contributed by atoms with Gasteiger partial charge in [0.1, 0.15) is 17.2 Å². The lowest BCUT2D eigenvalue weighted by molar-refractivity contribution is -0.115. The molecule has 0 radical (unpaired) electrons. The van der Waals surface area contributed by atoms with Crippen LogP contribution in [-0.4, -0.2) is 20.7 Å². The summed E-state index contributed by atoms with van der Waals surface area (Å²) in [5.74, 6) is -0.0164. The molecule has 0 atom stereocenters. The van der Waals surface area contributed by atoms with Crippen LogP contribution < -0.4 is 5.32 Å². The quantitative estimate of drug-likeness (QED) is 0.435. The van der Waals surface area contributed by atoms with Crippen LogP contribution in [0.1, 0.15) is 11.3 Å². The van der Waals surface area contributed by atoms with Gasteiger partial charge in [0, 0.05) is 6.07 Å². The van der Waals surface area contributed by atoms with Crippen LogP contribution in [0.4, 0.5) is 10.2 Å². The third-order valence-electron chi connectivity index (χ3n) is 4.82. The van der Waals surface area contributed by atoms with Gasteiger partial charge in [0.05, 0.1) is 16.8 Å². The molecular weight excluding hydrogens is 399 g/mol. The molecule has 1 amide bonds. The van der Waals surface area contributed by atoms with E-state index in [-0.39, 0.29) is 18.1 Å². The monoisotopic (exact) mass is 416 g/mol. The van der Waals surface area contributed by atoms with Crippen molar-refractivity contribution in [3.8, 4) is 5.13 Å². The van der Waals surface area contributed by atoms with Gasteiger partial charge < -0.3 is 5.32 Å². The number of para-hydroxylation sites is 1. The number of hydrogen-bond donors (Lipinski definition) is 1.